The highest BCUT2D eigenvalue weighted by Crippen LogP contribution is 2.28. The molecule has 2 amide bonds. The third-order valence-electron chi connectivity index (χ3n) is 3.01. The van der Waals surface area contributed by atoms with Crippen molar-refractivity contribution in [3.05, 3.63) is 15.6 Å². The van der Waals surface area contributed by atoms with Crippen LogP contribution >= 0.6 is 22.7 Å². The van der Waals surface area contributed by atoms with Crippen molar-refractivity contribution in [2.45, 2.75) is 40.3 Å². The number of carbonyl (C=O) groups excluding carboxylic acids is 2. The van der Waals surface area contributed by atoms with E-state index in [9.17, 15) is 9.59 Å². The highest BCUT2D eigenvalue weighted by atomic mass is 32.1. The van der Waals surface area contributed by atoms with Gasteiger partial charge in [-0.05, 0) is 20.8 Å². The molecule has 0 saturated heterocycles. The number of nitrogens with one attached hydrogen (secondary N) is 1. The molecule has 0 aliphatic carbocycles. The minimum Gasteiger partial charge on any atom is -0.377 e. The molecule has 0 aromatic carbocycles. The normalized spacial score (nSPS) is 10.9. The summed E-state index contributed by atoms with van der Waals surface area (Å²) in [5.41, 5.74) is 0.570. The first-order valence-corrected chi connectivity index (χ1v) is 8.86. The molecule has 0 spiro atoms. The predicted octanol–water partition coefficient (Wildman–Crippen LogP) is 2.46. The molecule has 0 aliphatic rings. The molecule has 130 valence electrons. The number of rotatable bonds is 6. The Bertz CT molecular complexity index is 741. The van der Waals surface area contributed by atoms with Gasteiger partial charge in [-0.1, -0.05) is 22.7 Å². The van der Waals surface area contributed by atoms with Gasteiger partial charge in [-0.3, -0.25) is 19.8 Å². The van der Waals surface area contributed by atoms with Crippen LogP contribution in [0.4, 0.5) is 10.3 Å². The quantitative estimate of drug-likeness (QED) is 0.840. The summed E-state index contributed by atoms with van der Waals surface area (Å²) in [6.07, 6.45) is 0. The molecule has 0 aliphatic heterocycles. The van der Waals surface area contributed by atoms with Gasteiger partial charge in [0.15, 0.2) is 5.13 Å². The van der Waals surface area contributed by atoms with Crippen molar-refractivity contribution in [2.24, 2.45) is 0 Å². The number of aromatic nitrogens is 3. The number of nitrogens with zero attached hydrogens (tertiary/aromatic N) is 4. The molecule has 0 fully saturated rings. The maximum Gasteiger partial charge on any atom is 0.269 e. The number of methoxy groups -OCH3 is 1. The minimum atomic E-state index is -0.316. The van der Waals surface area contributed by atoms with Gasteiger partial charge in [-0.2, -0.15) is 0 Å². The number of hydrogen-bond acceptors (Lipinski definition) is 8. The van der Waals surface area contributed by atoms with Crippen LogP contribution < -0.4 is 10.2 Å². The molecule has 1 N–H and O–H groups in total. The SMILES string of the molecule is COCc1nnc(NC(=O)c2sc(N(C(C)=O)C(C)C)nc2C)s1. The Labute approximate surface area is 147 Å². The van der Waals surface area contributed by atoms with Gasteiger partial charge in [0.05, 0.1) is 5.69 Å². The molecule has 0 saturated carbocycles. The summed E-state index contributed by atoms with van der Waals surface area (Å²) < 4.78 is 4.97. The van der Waals surface area contributed by atoms with Crippen LogP contribution in [0.25, 0.3) is 0 Å². The van der Waals surface area contributed by atoms with Gasteiger partial charge in [0.2, 0.25) is 11.0 Å². The molecular formula is C14H19N5O3S2. The Morgan fingerprint density at radius 2 is 2.00 bits per heavy atom. The van der Waals surface area contributed by atoms with E-state index < -0.39 is 0 Å². The van der Waals surface area contributed by atoms with E-state index in [0.717, 1.165) is 0 Å². The number of thiazole rings is 1. The molecule has 8 nitrogen and oxygen atoms in total. The minimum absolute atomic E-state index is 0.0382. The molecule has 2 heterocycles. The second kappa shape index (κ2) is 7.77. The van der Waals surface area contributed by atoms with Gasteiger partial charge in [0, 0.05) is 20.1 Å². The maximum atomic E-state index is 12.4. The second-order valence-corrected chi connectivity index (χ2v) is 7.32. The number of amides is 2. The molecule has 0 unspecified atom stereocenters. The van der Waals surface area contributed by atoms with Crippen molar-refractivity contribution in [1.29, 1.82) is 0 Å². The maximum absolute atomic E-state index is 12.4. The van der Waals surface area contributed by atoms with E-state index in [1.165, 1.54) is 29.6 Å². The lowest BCUT2D eigenvalue weighted by molar-refractivity contribution is -0.116. The third-order valence-corrected chi connectivity index (χ3v) is 4.98. The summed E-state index contributed by atoms with van der Waals surface area (Å²) in [7, 11) is 1.57. The zero-order valence-corrected chi connectivity index (χ0v) is 15.7. The van der Waals surface area contributed by atoms with Crippen LogP contribution in [0.1, 0.15) is 41.1 Å². The number of aryl methyl sites for hydroxylation is 1. The fourth-order valence-corrected chi connectivity index (χ4v) is 3.90. The zero-order chi connectivity index (χ0) is 17.9. The van der Waals surface area contributed by atoms with E-state index in [2.05, 4.69) is 20.5 Å². The lowest BCUT2D eigenvalue weighted by atomic mass is 10.3. The molecule has 2 rings (SSSR count). The van der Waals surface area contributed by atoms with E-state index >= 15 is 0 Å². The molecule has 0 radical (unpaired) electrons. The van der Waals surface area contributed by atoms with Crippen molar-refractivity contribution in [1.82, 2.24) is 15.2 Å². The van der Waals surface area contributed by atoms with Gasteiger partial charge in [0.25, 0.3) is 5.91 Å². The smallest absolute Gasteiger partial charge is 0.269 e. The van der Waals surface area contributed by atoms with Crippen molar-refractivity contribution in [3.63, 3.8) is 0 Å². The Morgan fingerprint density at radius 1 is 1.29 bits per heavy atom. The van der Waals surface area contributed by atoms with Crippen molar-refractivity contribution in [3.8, 4) is 0 Å². The Balaban J connectivity index is 2.19. The van der Waals surface area contributed by atoms with E-state index in [1.54, 1.807) is 18.9 Å². The summed E-state index contributed by atoms with van der Waals surface area (Å²) in [5, 5.41) is 12.1. The first-order valence-electron chi connectivity index (χ1n) is 7.23. The molecule has 2 aromatic heterocycles. The highest BCUT2D eigenvalue weighted by molar-refractivity contribution is 7.18. The highest BCUT2D eigenvalue weighted by Gasteiger charge is 2.23. The zero-order valence-electron chi connectivity index (χ0n) is 14.1. The number of carbonyl (C=O) groups is 2. The van der Waals surface area contributed by atoms with E-state index in [-0.39, 0.29) is 17.9 Å². The number of ether oxygens (including phenoxy) is 1. The van der Waals surface area contributed by atoms with Crippen molar-refractivity contribution < 1.29 is 14.3 Å². The van der Waals surface area contributed by atoms with Gasteiger partial charge in [0.1, 0.15) is 16.5 Å². The average molecular weight is 369 g/mol. The number of anilines is 2. The van der Waals surface area contributed by atoms with Crippen LogP contribution in [0.2, 0.25) is 0 Å². The summed E-state index contributed by atoms with van der Waals surface area (Å²) in [6, 6.07) is -0.0382. The van der Waals surface area contributed by atoms with Gasteiger partial charge < -0.3 is 4.74 Å². The molecular weight excluding hydrogens is 350 g/mol. The van der Waals surface area contributed by atoms with Gasteiger partial charge in [-0.15, -0.1) is 10.2 Å². The lowest BCUT2D eigenvalue weighted by Gasteiger charge is -2.21. The fourth-order valence-electron chi connectivity index (χ4n) is 2.05. The van der Waals surface area contributed by atoms with Crippen LogP contribution in [-0.2, 0) is 16.1 Å². The number of hydrogen-bond donors (Lipinski definition) is 1. The standard InChI is InChI=1S/C14H19N5O3S2/c1-7(2)19(9(4)20)14-15-8(3)11(24-14)12(21)16-13-18-17-10(23-13)6-22-5/h7H,6H2,1-5H3,(H,16,18,21). The summed E-state index contributed by atoms with van der Waals surface area (Å²) in [6.45, 7) is 7.37. The topological polar surface area (TPSA) is 97.3 Å². The molecule has 10 heteroatoms. The molecule has 0 atom stereocenters. The van der Waals surface area contributed by atoms with Crippen LogP contribution in [0, 0.1) is 6.92 Å². The Morgan fingerprint density at radius 3 is 2.58 bits per heavy atom. The first kappa shape index (κ1) is 18.4. The summed E-state index contributed by atoms with van der Waals surface area (Å²) in [5.74, 6) is -0.428. The van der Waals surface area contributed by atoms with Crippen molar-refractivity contribution in [2.75, 3.05) is 17.3 Å². The fraction of sp³-hybridized carbons (Fsp3) is 0.500. The Kier molecular flexibility index (Phi) is 5.97. The lowest BCUT2D eigenvalue weighted by Crippen LogP contribution is -2.34. The van der Waals surface area contributed by atoms with E-state index in [0.29, 0.717) is 32.4 Å². The summed E-state index contributed by atoms with van der Waals surface area (Å²) >= 11 is 2.43. The van der Waals surface area contributed by atoms with E-state index in [4.69, 9.17) is 4.74 Å². The van der Waals surface area contributed by atoms with Crippen molar-refractivity contribution >= 4 is 44.8 Å². The van der Waals surface area contributed by atoms with E-state index in [1.807, 2.05) is 13.8 Å². The van der Waals surface area contributed by atoms with Crippen LogP contribution in [-0.4, -0.2) is 40.1 Å². The second-order valence-electron chi connectivity index (χ2n) is 5.28. The Hall–Kier alpha value is -1.91. The van der Waals surface area contributed by atoms with Crippen LogP contribution in [0.15, 0.2) is 0 Å². The van der Waals surface area contributed by atoms with Crippen LogP contribution in [0.3, 0.4) is 0 Å². The molecule has 2 aromatic rings. The van der Waals surface area contributed by atoms with Gasteiger partial charge >= 0.3 is 0 Å². The first-order chi connectivity index (χ1) is 11.3. The monoisotopic (exact) mass is 369 g/mol. The largest absolute Gasteiger partial charge is 0.377 e. The predicted molar refractivity (Wildman–Crippen MR) is 93.7 cm³/mol. The van der Waals surface area contributed by atoms with Gasteiger partial charge in [-0.25, -0.2) is 4.98 Å². The third kappa shape index (κ3) is 4.13. The average Bonchev–Trinajstić information content (AvgIpc) is 3.05. The van der Waals surface area contributed by atoms with Crippen LogP contribution in [0.5, 0.6) is 0 Å². The molecule has 24 heavy (non-hydrogen) atoms. The molecule has 0 bridgehead atoms. The summed E-state index contributed by atoms with van der Waals surface area (Å²) in [4.78, 5) is 30.6.